The Morgan fingerprint density at radius 3 is 2.49 bits per heavy atom. The SMILES string of the molecule is CNC(=O)c1c(-c2ccc(C)cc2)oc2nc(CN(CCCC(C)(C)C(=O)O)S(=O)O)c(I)cc12. The normalized spacial score (nSPS) is 12.8. The molecular weight excluding hydrogens is 585 g/mol. The Morgan fingerprint density at radius 2 is 1.91 bits per heavy atom. The van der Waals surface area contributed by atoms with Crippen molar-refractivity contribution in [3.63, 3.8) is 0 Å². The van der Waals surface area contributed by atoms with Crippen LogP contribution in [0.5, 0.6) is 0 Å². The molecule has 0 aliphatic carbocycles. The van der Waals surface area contributed by atoms with Crippen molar-refractivity contribution >= 4 is 56.8 Å². The molecule has 0 saturated carbocycles. The van der Waals surface area contributed by atoms with Gasteiger partial charge < -0.3 is 14.8 Å². The molecule has 2 aromatic heterocycles. The fourth-order valence-electron chi connectivity index (χ4n) is 3.59. The molecule has 0 fully saturated rings. The summed E-state index contributed by atoms with van der Waals surface area (Å²) in [5.74, 6) is -0.813. The molecule has 1 unspecified atom stereocenters. The van der Waals surface area contributed by atoms with Crippen LogP contribution in [0.4, 0.5) is 0 Å². The second kappa shape index (κ2) is 11.1. The molecule has 9 nitrogen and oxygen atoms in total. The highest BCUT2D eigenvalue weighted by Crippen LogP contribution is 2.34. The van der Waals surface area contributed by atoms with Gasteiger partial charge in [0.25, 0.3) is 5.91 Å². The molecule has 35 heavy (non-hydrogen) atoms. The van der Waals surface area contributed by atoms with Crippen LogP contribution in [0.2, 0.25) is 0 Å². The third kappa shape index (κ3) is 6.26. The maximum absolute atomic E-state index is 12.7. The summed E-state index contributed by atoms with van der Waals surface area (Å²) in [6.07, 6.45) is 0.775. The quantitative estimate of drug-likeness (QED) is 0.225. The number of aliphatic carboxylic acids is 1. The summed E-state index contributed by atoms with van der Waals surface area (Å²) >= 11 is -0.193. The summed E-state index contributed by atoms with van der Waals surface area (Å²) < 4.78 is 29.9. The van der Waals surface area contributed by atoms with E-state index in [-0.39, 0.29) is 24.7 Å². The predicted octanol–water partition coefficient (Wildman–Crippen LogP) is 4.60. The summed E-state index contributed by atoms with van der Waals surface area (Å²) in [5, 5.41) is 12.5. The number of carboxylic acids is 1. The second-order valence-electron chi connectivity index (χ2n) is 8.91. The van der Waals surface area contributed by atoms with Crippen molar-refractivity contribution in [3.8, 4) is 11.3 Å². The Bertz CT molecular complexity index is 1270. The molecule has 3 aromatic rings. The molecule has 0 aliphatic heterocycles. The van der Waals surface area contributed by atoms with Gasteiger partial charge in [-0.2, -0.15) is 4.31 Å². The first-order valence-electron chi connectivity index (χ1n) is 10.9. The number of rotatable bonds is 10. The van der Waals surface area contributed by atoms with Gasteiger partial charge in [0.1, 0.15) is 5.76 Å². The van der Waals surface area contributed by atoms with Crippen molar-refractivity contribution in [1.29, 1.82) is 0 Å². The van der Waals surface area contributed by atoms with Gasteiger partial charge in [0.15, 0.2) is 0 Å². The number of pyridine rings is 1. The number of amides is 1. The van der Waals surface area contributed by atoms with Gasteiger partial charge in [-0.3, -0.25) is 14.1 Å². The van der Waals surface area contributed by atoms with E-state index in [0.29, 0.717) is 38.8 Å². The minimum Gasteiger partial charge on any atom is -0.481 e. The number of hydrogen-bond donors (Lipinski definition) is 3. The first kappa shape index (κ1) is 27.2. The summed E-state index contributed by atoms with van der Waals surface area (Å²) in [7, 11) is 1.55. The molecule has 1 atom stereocenters. The van der Waals surface area contributed by atoms with Crippen molar-refractivity contribution in [2.45, 2.75) is 40.2 Å². The van der Waals surface area contributed by atoms with Crippen molar-refractivity contribution < 1.29 is 27.9 Å². The Labute approximate surface area is 219 Å². The summed E-state index contributed by atoms with van der Waals surface area (Å²) in [5.41, 5.74) is 2.04. The van der Waals surface area contributed by atoms with E-state index in [2.05, 4.69) is 32.9 Å². The number of carbonyl (C=O) groups excluding carboxylic acids is 1. The molecule has 1 amide bonds. The Hall–Kier alpha value is -2.35. The van der Waals surface area contributed by atoms with Crippen LogP contribution >= 0.6 is 22.6 Å². The van der Waals surface area contributed by atoms with Crippen LogP contribution in [0.25, 0.3) is 22.4 Å². The molecule has 0 radical (unpaired) electrons. The highest BCUT2D eigenvalue weighted by molar-refractivity contribution is 14.1. The Kier molecular flexibility index (Phi) is 8.67. The molecule has 188 valence electrons. The lowest BCUT2D eigenvalue weighted by Crippen LogP contribution is -2.30. The summed E-state index contributed by atoms with van der Waals surface area (Å²) in [6.45, 7) is 5.49. The van der Waals surface area contributed by atoms with E-state index in [1.807, 2.05) is 31.2 Å². The van der Waals surface area contributed by atoms with Crippen molar-refractivity contribution in [1.82, 2.24) is 14.6 Å². The first-order chi connectivity index (χ1) is 16.4. The fourth-order valence-corrected chi connectivity index (χ4v) is 4.71. The lowest BCUT2D eigenvalue weighted by Gasteiger charge is -2.22. The van der Waals surface area contributed by atoms with E-state index in [1.165, 1.54) is 4.31 Å². The summed E-state index contributed by atoms with van der Waals surface area (Å²) in [4.78, 5) is 28.7. The highest BCUT2D eigenvalue weighted by Gasteiger charge is 2.28. The lowest BCUT2D eigenvalue weighted by atomic mass is 9.88. The fraction of sp³-hybridized carbons (Fsp3) is 0.375. The minimum atomic E-state index is -2.28. The third-order valence-corrected chi connectivity index (χ3v) is 7.50. The van der Waals surface area contributed by atoms with Crippen LogP contribution in [-0.4, -0.2) is 48.6 Å². The van der Waals surface area contributed by atoms with Crippen LogP contribution in [0.15, 0.2) is 34.7 Å². The van der Waals surface area contributed by atoms with E-state index in [4.69, 9.17) is 4.42 Å². The minimum absolute atomic E-state index is 0.0562. The van der Waals surface area contributed by atoms with E-state index >= 15 is 0 Å². The number of aryl methyl sites for hydroxylation is 1. The maximum Gasteiger partial charge on any atom is 0.309 e. The number of nitrogens with one attached hydrogen (secondary N) is 1. The monoisotopic (exact) mass is 613 g/mol. The van der Waals surface area contributed by atoms with Gasteiger partial charge >= 0.3 is 5.97 Å². The molecule has 0 bridgehead atoms. The standard InChI is InChI=1S/C24H28IN3O6S/c1-14-6-8-15(9-7-14)20-19(21(29)26-4)16-12-17(25)18(27-22(16)34-20)13-28(35(32)33)11-5-10-24(2,3)23(30)31/h6-9,12H,5,10-11,13H2,1-4H3,(H,26,29)(H,30,31)(H,32,33). The largest absolute Gasteiger partial charge is 0.481 e. The smallest absolute Gasteiger partial charge is 0.309 e. The van der Waals surface area contributed by atoms with E-state index in [9.17, 15) is 23.5 Å². The number of hydrogen-bond acceptors (Lipinski definition) is 5. The number of halogens is 1. The van der Waals surface area contributed by atoms with Crippen LogP contribution in [0, 0.1) is 15.9 Å². The second-order valence-corrected chi connectivity index (χ2v) is 11.0. The van der Waals surface area contributed by atoms with Crippen molar-refractivity contribution in [3.05, 3.63) is 50.7 Å². The molecule has 0 aliphatic rings. The van der Waals surface area contributed by atoms with Gasteiger partial charge in [0.05, 0.1) is 28.6 Å². The number of fused-ring (bicyclic) bond motifs is 1. The highest BCUT2D eigenvalue weighted by atomic mass is 127. The third-order valence-electron chi connectivity index (χ3n) is 5.81. The van der Waals surface area contributed by atoms with E-state index in [0.717, 1.165) is 11.1 Å². The zero-order valence-electron chi connectivity index (χ0n) is 19.9. The molecule has 1 aromatic carbocycles. The topological polar surface area (TPSA) is 133 Å². The zero-order valence-corrected chi connectivity index (χ0v) is 22.9. The summed E-state index contributed by atoms with van der Waals surface area (Å²) in [6, 6.07) is 9.40. The number of carboxylic acid groups (broad SMARTS) is 1. The number of benzene rings is 1. The van der Waals surface area contributed by atoms with Crippen LogP contribution < -0.4 is 5.32 Å². The molecule has 11 heteroatoms. The van der Waals surface area contributed by atoms with Crippen LogP contribution in [-0.2, 0) is 22.6 Å². The predicted molar refractivity (Wildman–Crippen MR) is 142 cm³/mol. The molecule has 3 N–H and O–H groups in total. The molecular formula is C24H28IN3O6S. The van der Waals surface area contributed by atoms with Gasteiger partial charge in [-0.15, -0.1) is 0 Å². The van der Waals surface area contributed by atoms with Gasteiger partial charge in [0.2, 0.25) is 17.0 Å². The average molecular weight is 613 g/mol. The number of aromatic nitrogens is 1. The van der Waals surface area contributed by atoms with Gasteiger partial charge in [-0.05, 0) is 62.3 Å². The van der Waals surface area contributed by atoms with Crippen LogP contribution in [0.1, 0.15) is 48.3 Å². The Balaban J connectivity index is 1.95. The molecule has 2 heterocycles. The molecule has 0 saturated heterocycles. The lowest BCUT2D eigenvalue weighted by molar-refractivity contribution is -0.147. The van der Waals surface area contributed by atoms with Crippen molar-refractivity contribution in [2.24, 2.45) is 5.41 Å². The van der Waals surface area contributed by atoms with Gasteiger partial charge in [0, 0.05) is 22.7 Å². The van der Waals surface area contributed by atoms with E-state index < -0.39 is 22.7 Å². The van der Waals surface area contributed by atoms with Crippen molar-refractivity contribution in [2.75, 3.05) is 13.6 Å². The van der Waals surface area contributed by atoms with E-state index in [1.54, 1.807) is 27.0 Å². The van der Waals surface area contributed by atoms with Gasteiger partial charge in [-0.1, -0.05) is 29.8 Å². The molecule has 3 rings (SSSR count). The van der Waals surface area contributed by atoms with Crippen LogP contribution in [0.3, 0.4) is 0 Å². The average Bonchev–Trinajstić information content (AvgIpc) is 3.16. The Morgan fingerprint density at radius 1 is 1.26 bits per heavy atom. The number of furan rings is 1. The number of carbonyl (C=O) groups is 2. The number of nitrogens with zero attached hydrogens (tertiary/aromatic N) is 2. The zero-order chi connectivity index (χ0) is 25.9. The maximum atomic E-state index is 12.7. The van der Waals surface area contributed by atoms with Gasteiger partial charge in [-0.25, -0.2) is 9.19 Å². The first-order valence-corrected chi connectivity index (χ1v) is 13.1. The molecule has 0 spiro atoms.